The van der Waals surface area contributed by atoms with Gasteiger partial charge in [0.25, 0.3) is 0 Å². The van der Waals surface area contributed by atoms with Crippen molar-refractivity contribution in [1.29, 1.82) is 10.8 Å². The molecule has 0 saturated heterocycles. The third-order valence-corrected chi connectivity index (χ3v) is 4.06. The summed E-state index contributed by atoms with van der Waals surface area (Å²) in [5.74, 6) is 0.115. The zero-order chi connectivity index (χ0) is 17.1. The average Bonchev–Trinajstić information content (AvgIpc) is 2.59. The van der Waals surface area contributed by atoms with Gasteiger partial charge in [-0.2, -0.15) is 0 Å². The molecule has 5 N–H and O–H groups in total. The molecule has 0 fully saturated rings. The highest BCUT2D eigenvalue weighted by Crippen LogP contribution is 2.28. The van der Waals surface area contributed by atoms with Crippen LogP contribution in [0.3, 0.4) is 0 Å². The molecule has 5 heteroatoms. The molecule has 1 aliphatic rings. The Hall–Kier alpha value is -2.92. The fraction of sp³-hybridized carbons (Fsp3) is 0.158. The predicted molar refractivity (Wildman–Crippen MR) is 96.5 cm³/mol. The fourth-order valence-corrected chi connectivity index (χ4v) is 2.72. The van der Waals surface area contributed by atoms with Crippen LogP contribution in [0.4, 0.5) is 0 Å². The first-order valence-electron chi connectivity index (χ1n) is 7.76. The fourth-order valence-electron chi connectivity index (χ4n) is 2.72. The monoisotopic (exact) mass is 321 g/mol. The molecule has 0 radical (unpaired) electrons. The van der Waals surface area contributed by atoms with Crippen molar-refractivity contribution in [2.75, 3.05) is 13.1 Å². The van der Waals surface area contributed by atoms with Crippen LogP contribution in [0.15, 0.2) is 54.1 Å². The van der Waals surface area contributed by atoms with Crippen LogP contribution in [0.1, 0.15) is 12.0 Å². The van der Waals surface area contributed by atoms with Crippen molar-refractivity contribution in [3.8, 4) is 11.5 Å². The van der Waals surface area contributed by atoms with Gasteiger partial charge >= 0.3 is 0 Å². The Balaban J connectivity index is 1.84. The van der Waals surface area contributed by atoms with Gasteiger partial charge in [0.2, 0.25) is 0 Å². The lowest BCUT2D eigenvalue weighted by atomic mass is 10.00. The van der Waals surface area contributed by atoms with Gasteiger partial charge in [-0.1, -0.05) is 12.1 Å². The van der Waals surface area contributed by atoms with Crippen LogP contribution in [-0.2, 0) is 0 Å². The van der Waals surface area contributed by atoms with E-state index in [-0.39, 0.29) is 17.2 Å². The SMILES string of the molecule is N=C(/C=C\C(=N)c1cc2ccc(O)cc2cc1O)C1=CCNCC1. The number of hydrogen-bond acceptors (Lipinski definition) is 5. The average molecular weight is 321 g/mol. The molecule has 0 amide bonds. The maximum Gasteiger partial charge on any atom is 0.125 e. The number of aromatic hydroxyl groups is 2. The van der Waals surface area contributed by atoms with E-state index in [4.69, 9.17) is 10.8 Å². The number of benzene rings is 2. The van der Waals surface area contributed by atoms with Gasteiger partial charge in [0, 0.05) is 12.1 Å². The predicted octanol–water partition coefficient (Wildman–Crippen LogP) is 3.11. The summed E-state index contributed by atoms with van der Waals surface area (Å²) in [5, 5.41) is 40.6. The van der Waals surface area contributed by atoms with Crippen molar-refractivity contribution in [2.45, 2.75) is 6.42 Å². The molecule has 0 spiro atoms. The van der Waals surface area contributed by atoms with Crippen molar-refractivity contribution in [2.24, 2.45) is 0 Å². The molecule has 1 heterocycles. The van der Waals surface area contributed by atoms with Gasteiger partial charge in [-0.3, -0.25) is 0 Å². The second-order valence-electron chi connectivity index (χ2n) is 5.74. The van der Waals surface area contributed by atoms with Gasteiger partial charge in [0.15, 0.2) is 0 Å². The van der Waals surface area contributed by atoms with Gasteiger partial charge in [0.05, 0.1) is 11.4 Å². The van der Waals surface area contributed by atoms with E-state index in [1.807, 2.05) is 6.08 Å². The summed E-state index contributed by atoms with van der Waals surface area (Å²) in [7, 11) is 0. The number of nitrogens with one attached hydrogen (secondary N) is 3. The van der Waals surface area contributed by atoms with Gasteiger partial charge in [-0.15, -0.1) is 0 Å². The number of fused-ring (bicyclic) bond motifs is 1. The second kappa shape index (κ2) is 6.68. The molecule has 0 saturated carbocycles. The Labute approximate surface area is 140 Å². The summed E-state index contributed by atoms with van der Waals surface area (Å²) in [5.41, 5.74) is 1.90. The Kier molecular flexibility index (Phi) is 4.44. The molecule has 0 aliphatic carbocycles. The maximum absolute atomic E-state index is 10.2. The van der Waals surface area contributed by atoms with Crippen molar-refractivity contribution in [3.63, 3.8) is 0 Å². The molecule has 0 aromatic heterocycles. The first kappa shape index (κ1) is 16.0. The number of rotatable bonds is 4. The Bertz CT molecular complexity index is 882. The molecular weight excluding hydrogens is 302 g/mol. The summed E-state index contributed by atoms with van der Waals surface area (Å²) < 4.78 is 0. The lowest BCUT2D eigenvalue weighted by Gasteiger charge is -2.12. The molecule has 2 aromatic carbocycles. The third kappa shape index (κ3) is 3.36. The molecule has 122 valence electrons. The zero-order valence-corrected chi connectivity index (χ0v) is 13.1. The van der Waals surface area contributed by atoms with Crippen LogP contribution in [0, 0.1) is 10.8 Å². The minimum Gasteiger partial charge on any atom is -0.508 e. The molecule has 5 nitrogen and oxygen atoms in total. The van der Waals surface area contributed by atoms with Crippen molar-refractivity contribution in [1.82, 2.24) is 5.32 Å². The van der Waals surface area contributed by atoms with E-state index < -0.39 is 0 Å². The highest BCUT2D eigenvalue weighted by Gasteiger charge is 2.09. The molecule has 2 aromatic rings. The lowest BCUT2D eigenvalue weighted by molar-refractivity contribution is 0.474. The van der Waals surface area contributed by atoms with E-state index in [2.05, 4.69) is 5.32 Å². The second-order valence-corrected chi connectivity index (χ2v) is 5.74. The van der Waals surface area contributed by atoms with E-state index in [0.717, 1.165) is 30.5 Å². The van der Waals surface area contributed by atoms with E-state index in [1.165, 1.54) is 12.1 Å². The Morgan fingerprint density at radius 1 is 1.00 bits per heavy atom. The molecular formula is C19H19N3O2. The molecule has 0 atom stereocenters. The van der Waals surface area contributed by atoms with Crippen LogP contribution >= 0.6 is 0 Å². The van der Waals surface area contributed by atoms with Crippen molar-refractivity contribution < 1.29 is 10.2 Å². The van der Waals surface area contributed by atoms with Gasteiger partial charge in [-0.25, -0.2) is 0 Å². The molecule has 3 rings (SSSR count). The standard InChI is InChI=1S/C19H19N3O2/c20-17(12-5-7-22-8-6-12)3-4-18(21)16-10-13-1-2-15(23)9-14(13)11-19(16)24/h1-5,9-11,20-24H,6-8H2/b4-3-,20-17?,21-18?. The number of allylic oxidation sites excluding steroid dienone is 2. The summed E-state index contributed by atoms with van der Waals surface area (Å²) in [4.78, 5) is 0. The summed E-state index contributed by atoms with van der Waals surface area (Å²) in [6.07, 6.45) is 5.92. The van der Waals surface area contributed by atoms with Crippen LogP contribution in [0.5, 0.6) is 11.5 Å². The van der Waals surface area contributed by atoms with Gasteiger partial charge in [-0.05, 0) is 65.7 Å². The summed E-state index contributed by atoms with van der Waals surface area (Å²) >= 11 is 0. The van der Waals surface area contributed by atoms with Crippen LogP contribution in [-0.4, -0.2) is 34.7 Å². The van der Waals surface area contributed by atoms with Crippen LogP contribution in [0.2, 0.25) is 0 Å². The topological polar surface area (TPSA) is 100 Å². The third-order valence-electron chi connectivity index (χ3n) is 4.06. The molecule has 24 heavy (non-hydrogen) atoms. The normalized spacial score (nSPS) is 14.8. The minimum absolute atomic E-state index is 0.0182. The first-order valence-corrected chi connectivity index (χ1v) is 7.76. The number of phenols is 2. The first-order chi connectivity index (χ1) is 11.5. The van der Waals surface area contributed by atoms with Gasteiger partial charge in [0.1, 0.15) is 11.5 Å². The van der Waals surface area contributed by atoms with Crippen molar-refractivity contribution in [3.05, 3.63) is 59.7 Å². The zero-order valence-electron chi connectivity index (χ0n) is 13.1. The Morgan fingerprint density at radius 3 is 2.54 bits per heavy atom. The van der Waals surface area contributed by atoms with Crippen molar-refractivity contribution >= 4 is 22.2 Å². The Morgan fingerprint density at radius 2 is 1.79 bits per heavy atom. The number of hydrogen-bond donors (Lipinski definition) is 5. The van der Waals surface area contributed by atoms with Gasteiger partial charge < -0.3 is 26.3 Å². The number of phenolic OH excluding ortho intramolecular Hbond substituents is 2. The van der Waals surface area contributed by atoms with Crippen LogP contribution < -0.4 is 5.32 Å². The minimum atomic E-state index is -0.0182. The molecule has 1 aliphatic heterocycles. The molecule has 0 bridgehead atoms. The van der Waals surface area contributed by atoms with E-state index in [1.54, 1.807) is 30.3 Å². The van der Waals surface area contributed by atoms with E-state index >= 15 is 0 Å². The quantitative estimate of drug-likeness (QED) is 0.559. The highest BCUT2D eigenvalue weighted by atomic mass is 16.3. The largest absolute Gasteiger partial charge is 0.508 e. The van der Waals surface area contributed by atoms with E-state index in [9.17, 15) is 10.2 Å². The van der Waals surface area contributed by atoms with E-state index in [0.29, 0.717) is 16.7 Å². The maximum atomic E-state index is 10.2. The van der Waals surface area contributed by atoms with Crippen LogP contribution in [0.25, 0.3) is 10.8 Å². The smallest absolute Gasteiger partial charge is 0.125 e. The summed E-state index contributed by atoms with van der Waals surface area (Å²) in [6.45, 7) is 1.62. The lowest BCUT2D eigenvalue weighted by Crippen LogP contribution is -2.22. The highest BCUT2D eigenvalue weighted by molar-refractivity contribution is 6.15. The summed E-state index contributed by atoms with van der Waals surface area (Å²) in [6, 6.07) is 8.13. The molecule has 0 unspecified atom stereocenters.